The second kappa shape index (κ2) is 17.1. The van der Waals surface area contributed by atoms with Gasteiger partial charge in [0.2, 0.25) is 0 Å². The van der Waals surface area contributed by atoms with Crippen molar-refractivity contribution in [3.8, 4) is 5.75 Å². The largest absolute Gasteiger partial charge is 0.490 e. The average Bonchev–Trinajstić information content (AvgIpc) is 3.38. The first-order valence-electron chi connectivity index (χ1n) is 16.5. The fourth-order valence-electron chi connectivity index (χ4n) is 5.51. The number of carbonyl (C=O) groups is 3. The van der Waals surface area contributed by atoms with E-state index in [0.29, 0.717) is 47.3 Å². The van der Waals surface area contributed by atoms with Crippen LogP contribution < -0.4 is 20.7 Å². The van der Waals surface area contributed by atoms with Crippen molar-refractivity contribution in [1.82, 2.24) is 15.0 Å². The number of urea groups is 2. The molecule has 4 N–H and O–H groups in total. The first kappa shape index (κ1) is 37.1. The van der Waals surface area contributed by atoms with Gasteiger partial charge in [0, 0.05) is 44.0 Å². The summed E-state index contributed by atoms with van der Waals surface area (Å²) >= 11 is 0. The molecule has 4 atom stereocenters. The molecule has 1 aliphatic heterocycles. The molecule has 0 saturated heterocycles. The maximum atomic E-state index is 14.4. The van der Waals surface area contributed by atoms with E-state index < -0.39 is 35.9 Å². The van der Waals surface area contributed by atoms with Crippen molar-refractivity contribution in [2.75, 3.05) is 49.3 Å². The first-order valence-corrected chi connectivity index (χ1v) is 16.5. The molecule has 0 saturated carbocycles. The van der Waals surface area contributed by atoms with Gasteiger partial charge in [0.25, 0.3) is 5.91 Å². The predicted octanol–water partition coefficient (Wildman–Crippen LogP) is 6.03. The Morgan fingerprint density at radius 3 is 2.47 bits per heavy atom. The lowest BCUT2D eigenvalue weighted by Crippen LogP contribution is -2.48. The molecule has 5 amide bonds. The fraction of sp³-hybridized carbons (Fsp3) is 0.486. The van der Waals surface area contributed by atoms with Crippen LogP contribution in [0.25, 0.3) is 0 Å². The van der Waals surface area contributed by atoms with E-state index in [1.165, 1.54) is 29.2 Å². The number of aliphatic hydroxyl groups excluding tert-OH is 1. The molecule has 4 rings (SSSR count). The first-order chi connectivity index (χ1) is 23.4. The number of rotatable bonds is 7. The molecule has 2 heterocycles. The standard InChI is InChI=1S/C35H47FN6O7/c1-21-18-42(22(2)20-43)33(44)29-17-28(37-34(45)39-32-24(4)40-49-25(32)5)14-15-30(29)48-23(3)9-7-8-16-47-31(21)19-41(6)35(46)38-27-12-10-26(36)11-13-27/h10-15,17,21-23,31,43H,7-9,16,18-20H2,1-6H3,(H,38,46)(H2,37,39,45)/t21-,22+,23-,31+/m0/s1. The molecule has 0 fully saturated rings. The second-order valence-corrected chi connectivity index (χ2v) is 12.6. The van der Waals surface area contributed by atoms with E-state index in [9.17, 15) is 23.9 Å². The molecule has 0 bridgehead atoms. The van der Waals surface area contributed by atoms with Crippen LogP contribution in [0.2, 0.25) is 0 Å². The van der Waals surface area contributed by atoms with Crippen molar-refractivity contribution in [3.63, 3.8) is 0 Å². The van der Waals surface area contributed by atoms with Crippen molar-refractivity contribution < 1.29 is 37.9 Å². The minimum atomic E-state index is -0.576. The number of aromatic nitrogens is 1. The van der Waals surface area contributed by atoms with E-state index in [1.54, 1.807) is 50.9 Å². The Kier molecular flexibility index (Phi) is 13.0. The molecule has 0 radical (unpaired) electrons. The highest BCUT2D eigenvalue weighted by atomic mass is 19.1. The summed E-state index contributed by atoms with van der Waals surface area (Å²) in [4.78, 5) is 43.3. The van der Waals surface area contributed by atoms with Crippen molar-refractivity contribution in [1.29, 1.82) is 0 Å². The highest BCUT2D eigenvalue weighted by Crippen LogP contribution is 2.29. The van der Waals surface area contributed by atoms with Gasteiger partial charge in [-0.15, -0.1) is 0 Å². The van der Waals surface area contributed by atoms with Crippen LogP contribution in [0.4, 0.5) is 31.0 Å². The third-order valence-corrected chi connectivity index (χ3v) is 8.48. The Balaban J connectivity index is 1.58. The lowest BCUT2D eigenvalue weighted by atomic mass is 10.0. The number of benzene rings is 2. The van der Waals surface area contributed by atoms with E-state index in [2.05, 4.69) is 21.1 Å². The van der Waals surface area contributed by atoms with Crippen LogP contribution in [0.15, 0.2) is 47.0 Å². The van der Waals surface area contributed by atoms with E-state index in [1.807, 2.05) is 13.8 Å². The molecule has 49 heavy (non-hydrogen) atoms. The van der Waals surface area contributed by atoms with Gasteiger partial charge in [0.1, 0.15) is 22.9 Å². The summed E-state index contributed by atoms with van der Waals surface area (Å²) in [7, 11) is 1.64. The van der Waals surface area contributed by atoms with Gasteiger partial charge >= 0.3 is 12.1 Å². The number of nitrogens with one attached hydrogen (secondary N) is 3. The van der Waals surface area contributed by atoms with Crippen LogP contribution in [-0.4, -0.2) is 89.6 Å². The highest BCUT2D eigenvalue weighted by molar-refractivity contribution is 6.03. The number of nitrogens with zero attached hydrogens (tertiary/aromatic N) is 3. The van der Waals surface area contributed by atoms with Crippen LogP contribution >= 0.6 is 0 Å². The molecule has 14 heteroatoms. The second-order valence-electron chi connectivity index (χ2n) is 12.6. The van der Waals surface area contributed by atoms with E-state index >= 15 is 0 Å². The van der Waals surface area contributed by atoms with Gasteiger partial charge in [-0.3, -0.25) is 4.79 Å². The Morgan fingerprint density at radius 1 is 1.08 bits per heavy atom. The summed E-state index contributed by atoms with van der Waals surface area (Å²) in [6.45, 7) is 9.56. The molecule has 3 aromatic rings. The Bertz CT molecular complexity index is 1560. The summed E-state index contributed by atoms with van der Waals surface area (Å²) in [6.07, 6.45) is 1.59. The van der Waals surface area contributed by atoms with Crippen molar-refractivity contribution in [2.45, 2.75) is 72.1 Å². The van der Waals surface area contributed by atoms with Crippen molar-refractivity contribution in [3.05, 3.63) is 65.3 Å². The molecule has 1 aromatic heterocycles. The summed E-state index contributed by atoms with van der Waals surface area (Å²) < 4.78 is 31.1. The average molecular weight is 683 g/mol. The summed E-state index contributed by atoms with van der Waals surface area (Å²) in [5.41, 5.74) is 2.01. The third kappa shape index (κ3) is 10.2. The number of fused-ring (bicyclic) bond motifs is 1. The monoisotopic (exact) mass is 682 g/mol. The quantitative estimate of drug-likeness (QED) is 0.235. The summed E-state index contributed by atoms with van der Waals surface area (Å²) in [5.74, 6) is -0.256. The number of amides is 5. The van der Waals surface area contributed by atoms with Gasteiger partial charge in [0.05, 0.1) is 30.4 Å². The number of halogens is 1. The molecule has 0 unspecified atom stereocenters. The summed E-state index contributed by atoms with van der Waals surface area (Å²) in [6, 6.07) is 8.87. The Hall–Kier alpha value is -4.69. The van der Waals surface area contributed by atoms with E-state index in [0.717, 1.165) is 12.8 Å². The minimum Gasteiger partial charge on any atom is -0.490 e. The highest BCUT2D eigenvalue weighted by Gasteiger charge is 2.31. The maximum absolute atomic E-state index is 14.4. The molecule has 0 spiro atoms. The SMILES string of the molecule is Cc1noc(C)c1NC(=O)Nc1ccc2c(c1)C(=O)N([C@H](C)CO)C[C@H](C)[C@@H](CN(C)C(=O)Nc1ccc(F)cc1)OCCCC[C@H](C)O2. The molecule has 13 nitrogen and oxygen atoms in total. The van der Waals surface area contributed by atoms with Gasteiger partial charge < -0.3 is 44.9 Å². The van der Waals surface area contributed by atoms with Crippen molar-refractivity contribution in [2.24, 2.45) is 5.92 Å². The zero-order valence-electron chi connectivity index (χ0n) is 28.9. The number of aryl methyl sites for hydroxylation is 2. The number of ether oxygens (including phenoxy) is 2. The normalized spacial score (nSPS) is 19.6. The molecular formula is C35H47FN6O7. The number of likely N-dealkylation sites (N-methyl/N-ethyl adjacent to an activating group) is 1. The zero-order valence-corrected chi connectivity index (χ0v) is 28.9. The molecule has 2 aromatic carbocycles. The number of hydrogen-bond acceptors (Lipinski definition) is 8. The van der Waals surface area contributed by atoms with Crippen LogP contribution in [0.1, 0.15) is 61.8 Å². The Morgan fingerprint density at radius 2 is 1.80 bits per heavy atom. The van der Waals surface area contributed by atoms with E-state index in [4.69, 9.17) is 14.0 Å². The maximum Gasteiger partial charge on any atom is 0.323 e. The van der Waals surface area contributed by atoms with Gasteiger partial charge in [0.15, 0.2) is 5.76 Å². The predicted molar refractivity (Wildman–Crippen MR) is 184 cm³/mol. The van der Waals surface area contributed by atoms with Crippen LogP contribution in [0, 0.1) is 25.6 Å². The van der Waals surface area contributed by atoms with Gasteiger partial charge in [-0.2, -0.15) is 0 Å². The van der Waals surface area contributed by atoms with Gasteiger partial charge in [-0.1, -0.05) is 12.1 Å². The number of hydrogen-bond donors (Lipinski definition) is 4. The zero-order chi connectivity index (χ0) is 35.7. The number of carbonyl (C=O) groups excluding carboxylic acids is 3. The number of aliphatic hydroxyl groups is 1. The number of anilines is 3. The van der Waals surface area contributed by atoms with Crippen molar-refractivity contribution >= 4 is 35.0 Å². The topological polar surface area (TPSA) is 158 Å². The lowest BCUT2D eigenvalue weighted by molar-refractivity contribution is -0.0115. The van der Waals surface area contributed by atoms with Gasteiger partial charge in [-0.05, 0) is 89.4 Å². The molecule has 0 aliphatic carbocycles. The molecular weight excluding hydrogens is 635 g/mol. The van der Waals surface area contributed by atoms with Crippen LogP contribution in [0.5, 0.6) is 5.75 Å². The lowest BCUT2D eigenvalue weighted by Gasteiger charge is -2.35. The minimum absolute atomic E-state index is 0.192. The van der Waals surface area contributed by atoms with Gasteiger partial charge in [-0.25, -0.2) is 14.0 Å². The molecule has 266 valence electrons. The summed E-state index contributed by atoms with van der Waals surface area (Å²) in [5, 5.41) is 22.3. The molecule has 1 aliphatic rings. The van der Waals surface area contributed by atoms with E-state index in [-0.39, 0.29) is 37.3 Å². The van der Waals surface area contributed by atoms with Crippen LogP contribution in [0.3, 0.4) is 0 Å². The Labute approximate surface area is 286 Å². The van der Waals surface area contributed by atoms with Crippen LogP contribution in [-0.2, 0) is 4.74 Å². The fourth-order valence-corrected chi connectivity index (χ4v) is 5.51. The smallest absolute Gasteiger partial charge is 0.323 e. The third-order valence-electron chi connectivity index (χ3n) is 8.48.